The SMILES string of the molecule is CCOC(=O)C[C@H](NC(=O)[C@@H]1[C@@H]2[C@H](CN1C(=O)c1cnn(C3CN(C)C3)c1)C2(C)C)c1cc(-c2c(C)cccc2C)cc(F)c1F. The van der Waals surface area contributed by atoms with E-state index in [0.29, 0.717) is 17.7 Å². The molecule has 3 aliphatic rings. The number of fused-ring (bicyclic) bond motifs is 1. The van der Waals surface area contributed by atoms with Gasteiger partial charge in [-0.15, -0.1) is 0 Å². The monoisotopic (exact) mass is 633 g/mol. The summed E-state index contributed by atoms with van der Waals surface area (Å²) in [5, 5.41) is 7.26. The standard InChI is InChI=1S/C35H41F2N5O4/c1-7-46-28(43)13-27(24-11-21(12-26(36)31(24)37)29-19(2)9-8-10-20(29)3)39-33(44)32-30-25(35(30,4)5)18-41(32)34(45)22-14-38-42(15-22)23-16-40(6)17-23/h8-12,14-15,23,25,27,30,32H,7,13,16-18H2,1-6H3,(H,39,44)/t25-,27-,30-,32-/m0/s1. The zero-order chi connectivity index (χ0) is 33.1. The van der Waals surface area contributed by atoms with E-state index in [1.165, 1.54) is 12.3 Å². The van der Waals surface area contributed by atoms with E-state index in [1.807, 2.05) is 39.1 Å². The Kier molecular flexibility index (Phi) is 8.25. The first-order chi connectivity index (χ1) is 21.8. The number of likely N-dealkylation sites (N-methyl/N-ethyl adjacent to an activating group) is 1. The Hall–Kier alpha value is -4.12. The third-order valence-electron chi connectivity index (χ3n) is 10.2. The van der Waals surface area contributed by atoms with E-state index in [4.69, 9.17) is 4.74 Å². The fourth-order valence-electron chi connectivity index (χ4n) is 7.60. The molecule has 244 valence electrons. The Morgan fingerprint density at radius 2 is 1.80 bits per heavy atom. The number of carbonyl (C=O) groups is 3. The van der Waals surface area contributed by atoms with Gasteiger partial charge >= 0.3 is 5.97 Å². The molecule has 1 aliphatic carbocycles. The van der Waals surface area contributed by atoms with Crippen molar-refractivity contribution in [3.05, 3.63) is 76.6 Å². The first-order valence-corrected chi connectivity index (χ1v) is 15.9. The van der Waals surface area contributed by atoms with E-state index in [1.54, 1.807) is 22.7 Å². The highest BCUT2D eigenvalue weighted by atomic mass is 19.2. The van der Waals surface area contributed by atoms with Gasteiger partial charge in [-0.25, -0.2) is 8.78 Å². The van der Waals surface area contributed by atoms with Crippen molar-refractivity contribution in [1.82, 2.24) is 24.9 Å². The van der Waals surface area contributed by atoms with Crippen LogP contribution >= 0.6 is 0 Å². The Morgan fingerprint density at radius 1 is 1.11 bits per heavy atom. The lowest BCUT2D eigenvalue weighted by atomic mass is 9.91. The average Bonchev–Trinajstić information content (AvgIpc) is 3.38. The largest absolute Gasteiger partial charge is 0.466 e. The molecule has 6 rings (SSSR count). The van der Waals surface area contributed by atoms with Crippen LogP contribution in [0.5, 0.6) is 0 Å². The predicted octanol–water partition coefficient (Wildman–Crippen LogP) is 4.84. The van der Waals surface area contributed by atoms with Gasteiger partial charge in [-0.2, -0.15) is 5.10 Å². The van der Waals surface area contributed by atoms with Crippen LogP contribution in [-0.2, 0) is 14.3 Å². The second kappa shape index (κ2) is 11.9. The molecule has 3 fully saturated rings. The van der Waals surface area contributed by atoms with Gasteiger partial charge in [-0.1, -0.05) is 32.0 Å². The van der Waals surface area contributed by atoms with Crippen LogP contribution in [0.4, 0.5) is 8.78 Å². The quantitative estimate of drug-likeness (QED) is 0.339. The Labute approximate surface area is 267 Å². The van der Waals surface area contributed by atoms with Crippen LogP contribution in [0.25, 0.3) is 11.1 Å². The fourth-order valence-corrected chi connectivity index (χ4v) is 7.60. The summed E-state index contributed by atoms with van der Waals surface area (Å²) >= 11 is 0. The van der Waals surface area contributed by atoms with Gasteiger partial charge in [0.15, 0.2) is 11.6 Å². The molecule has 46 heavy (non-hydrogen) atoms. The minimum Gasteiger partial charge on any atom is -0.466 e. The van der Waals surface area contributed by atoms with Gasteiger partial charge in [-0.3, -0.25) is 19.1 Å². The van der Waals surface area contributed by atoms with Crippen molar-refractivity contribution >= 4 is 17.8 Å². The van der Waals surface area contributed by atoms with Crippen molar-refractivity contribution in [2.45, 2.75) is 59.2 Å². The zero-order valence-corrected chi connectivity index (χ0v) is 27.1. The summed E-state index contributed by atoms with van der Waals surface area (Å²) in [6.07, 6.45) is 2.85. The number of carbonyl (C=O) groups excluding carboxylic acids is 3. The molecular formula is C35H41F2N5O4. The maximum absolute atomic E-state index is 15.6. The van der Waals surface area contributed by atoms with Crippen LogP contribution in [0.15, 0.2) is 42.7 Å². The normalized spacial score (nSPS) is 22.6. The van der Waals surface area contributed by atoms with Crippen molar-refractivity contribution in [2.24, 2.45) is 17.3 Å². The van der Waals surface area contributed by atoms with Crippen molar-refractivity contribution in [1.29, 1.82) is 0 Å². The number of halogens is 2. The molecule has 9 nitrogen and oxygen atoms in total. The molecule has 1 aromatic heterocycles. The molecule has 2 saturated heterocycles. The van der Waals surface area contributed by atoms with Crippen LogP contribution in [-0.4, -0.2) is 76.7 Å². The molecule has 1 N–H and O–H groups in total. The number of amides is 2. The number of esters is 1. The molecule has 2 aliphatic heterocycles. The zero-order valence-electron chi connectivity index (χ0n) is 27.1. The van der Waals surface area contributed by atoms with Crippen molar-refractivity contribution in [2.75, 3.05) is 33.3 Å². The molecule has 0 bridgehead atoms. The van der Waals surface area contributed by atoms with Gasteiger partial charge in [0, 0.05) is 31.4 Å². The van der Waals surface area contributed by atoms with E-state index in [9.17, 15) is 14.4 Å². The Balaban J connectivity index is 1.32. The summed E-state index contributed by atoms with van der Waals surface area (Å²) < 4.78 is 37.8. The highest BCUT2D eigenvalue weighted by Crippen LogP contribution is 2.65. The second-order valence-corrected chi connectivity index (χ2v) is 13.6. The third kappa shape index (κ3) is 5.59. The van der Waals surface area contributed by atoms with Crippen LogP contribution in [0.2, 0.25) is 0 Å². The first-order valence-electron chi connectivity index (χ1n) is 15.9. The average molecular weight is 634 g/mol. The molecule has 0 unspecified atom stereocenters. The molecule has 2 aromatic carbocycles. The second-order valence-electron chi connectivity index (χ2n) is 13.6. The number of hydrogen-bond acceptors (Lipinski definition) is 6. The number of aryl methyl sites for hydroxylation is 2. The molecule has 0 radical (unpaired) electrons. The number of piperidine rings is 1. The van der Waals surface area contributed by atoms with E-state index in [-0.39, 0.29) is 41.4 Å². The number of nitrogens with zero attached hydrogens (tertiary/aromatic N) is 4. The van der Waals surface area contributed by atoms with Gasteiger partial charge < -0.3 is 19.9 Å². The van der Waals surface area contributed by atoms with E-state index in [2.05, 4.69) is 29.2 Å². The fraction of sp³-hybridized carbons (Fsp3) is 0.486. The Morgan fingerprint density at radius 3 is 2.46 bits per heavy atom. The number of ether oxygens (including phenoxy) is 1. The summed E-state index contributed by atoms with van der Waals surface area (Å²) in [6.45, 7) is 11.7. The molecule has 11 heteroatoms. The highest BCUT2D eigenvalue weighted by molar-refractivity contribution is 5.98. The first kappa shape index (κ1) is 31.8. The van der Waals surface area contributed by atoms with Gasteiger partial charge in [0.25, 0.3) is 5.91 Å². The smallest absolute Gasteiger partial charge is 0.308 e. The van der Waals surface area contributed by atoms with Gasteiger partial charge in [0.2, 0.25) is 5.91 Å². The number of rotatable bonds is 9. The van der Waals surface area contributed by atoms with Crippen molar-refractivity contribution in [3.8, 4) is 11.1 Å². The number of likely N-dealkylation sites (tertiary alicyclic amines) is 2. The summed E-state index contributed by atoms with van der Waals surface area (Å²) in [7, 11) is 2.02. The topological polar surface area (TPSA) is 96.8 Å². The number of nitrogens with one attached hydrogen (secondary N) is 1. The lowest BCUT2D eigenvalue weighted by Crippen LogP contribution is -2.50. The third-order valence-corrected chi connectivity index (χ3v) is 10.2. The molecule has 1 saturated carbocycles. The minimum atomic E-state index is -1.23. The van der Waals surface area contributed by atoms with E-state index >= 15 is 8.78 Å². The van der Waals surface area contributed by atoms with Crippen LogP contribution < -0.4 is 5.32 Å². The highest BCUT2D eigenvalue weighted by Gasteiger charge is 2.69. The number of hydrogen-bond donors (Lipinski definition) is 1. The Bertz CT molecular complexity index is 1680. The number of aromatic nitrogens is 2. The molecule has 3 aromatic rings. The molecule has 3 heterocycles. The van der Waals surface area contributed by atoms with Crippen LogP contribution in [0.1, 0.15) is 66.3 Å². The number of benzene rings is 2. The van der Waals surface area contributed by atoms with Gasteiger partial charge in [-0.05, 0) is 79.5 Å². The maximum atomic E-state index is 15.6. The lowest BCUT2D eigenvalue weighted by Gasteiger charge is -2.36. The van der Waals surface area contributed by atoms with Crippen LogP contribution in [0, 0.1) is 42.7 Å². The molecule has 2 amide bonds. The molecule has 4 atom stereocenters. The van der Waals surface area contributed by atoms with E-state index in [0.717, 1.165) is 35.8 Å². The summed E-state index contributed by atoms with van der Waals surface area (Å²) in [5.74, 6) is -3.76. The van der Waals surface area contributed by atoms with Crippen molar-refractivity contribution in [3.63, 3.8) is 0 Å². The molecule has 0 spiro atoms. The summed E-state index contributed by atoms with van der Waals surface area (Å²) in [4.78, 5) is 44.5. The summed E-state index contributed by atoms with van der Waals surface area (Å²) in [5.41, 5.74) is 2.97. The minimum absolute atomic E-state index is 0.0897. The predicted molar refractivity (Wildman–Crippen MR) is 168 cm³/mol. The summed E-state index contributed by atoms with van der Waals surface area (Å²) in [6, 6.07) is 6.38. The lowest BCUT2D eigenvalue weighted by molar-refractivity contribution is -0.144. The van der Waals surface area contributed by atoms with Gasteiger partial charge in [0.1, 0.15) is 6.04 Å². The van der Waals surface area contributed by atoms with Gasteiger partial charge in [0.05, 0.1) is 36.9 Å². The van der Waals surface area contributed by atoms with Crippen molar-refractivity contribution < 1.29 is 27.9 Å². The molecular weight excluding hydrogens is 592 g/mol. The van der Waals surface area contributed by atoms with Crippen LogP contribution in [0.3, 0.4) is 0 Å². The maximum Gasteiger partial charge on any atom is 0.308 e. The van der Waals surface area contributed by atoms with E-state index < -0.39 is 42.0 Å².